The van der Waals surface area contributed by atoms with Crippen LogP contribution >= 0.6 is 0 Å². The SMILES string of the molecule is C[C@H](NC1CCCCCC1)C(=O)Nc1ccc(F)cc1. The van der Waals surface area contributed by atoms with Crippen LogP contribution in [-0.4, -0.2) is 18.0 Å². The zero-order valence-electron chi connectivity index (χ0n) is 12.0. The number of anilines is 1. The van der Waals surface area contributed by atoms with Gasteiger partial charge in [-0.05, 0) is 44.0 Å². The smallest absolute Gasteiger partial charge is 0.241 e. The number of hydrogen-bond donors (Lipinski definition) is 2. The first kappa shape index (κ1) is 15.0. The zero-order valence-corrected chi connectivity index (χ0v) is 12.0. The van der Waals surface area contributed by atoms with Crippen molar-refractivity contribution in [3.8, 4) is 0 Å². The van der Waals surface area contributed by atoms with Crippen molar-refractivity contribution < 1.29 is 9.18 Å². The van der Waals surface area contributed by atoms with Crippen LogP contribution in [0.25, 0.3) is 0 Å². The molecule has 4 heteroatoms. The van der Waals surface area contributed by atoms with Crippen LogP contribution in [0.5, 0.6) is 0 Å². The molecule has 0 spiro atoms. The van der Waals surface area contributed by atoms with E-state index in [0.29, 0.717) is 11.7 Å². The predicted molar refractivity (Wildman–Crippen MR) is 79.1 cm³/mol. The summed E-state index contributed by atoms with van der Waals surface area (Å²) in [6, 6.07) is 6.05. The summed E-state index contributed by atoms with van der Waals surface area (Å²) in [5.74, 6) is -0.367. The Balaban J connectivity index is 1.83. The number of carbonyl (C=O) groups is 1. The molecule has 1 atom stereocenters. The van der Waals surface area contributed by atoms with Crippen LogP contribution in [0.1, 0.15) is 45.4 Å². The molecule has 1 aromatic rings. The van der Waals surface area contributed by atoms with Crippen molar-refractivity contribution in [2.45, 2.75) is 57.5 Å². The number of carbonyl (C=O) groups excluding carboxylic acids is 1. The van der Waals surface area contributed by atoms with Gasteiger partial charge in [0.2, 0.25) is 5.91 Å². The lowest BCUT2D eigenvalue weighted by atomic mass is 10.1. The van der Waals surface area contributed by atoms with Gasteiger partial charge in [0.05, 0.1) is 6.04 Å². The quantitative estimate of drug-likeness (QED) is 0.828. The van der Waals surface area contributed by atoms with Crippen molar-refractivity contribution in [2.24, 2.45) is 0 Å². The van der Waals surface area contributed by atoms with E-state index in [2.05, 4.69) is 10.6 Å². The van der Waals surface area contributed by atoms with Crippen molar-refractivity contribution in [3.05, 3.63) is 30.1 Å². The second-order valence-electron chi connectivity index (χ2n) is 5.57. The molecule has 1 aliphatic carbocycles. The predicted octanol–water partition coefficient (Wildman–Crippen LogP) is 3.47. The van der Waals surface area contributed by atoms with E-state index >= 15 is 0 Å². The van der Waals surface area contributed by atoms with E-state index in [1.54, 1.807) is 12.1 Å². The van der Waals surface area contributed by atoms with Crippen molar-refractivity contribution in [1.29, 1.82) is 0 Å². The highest BCUT2D eigenvalue weighted by Crippen LogP contribution is 2.18. The molecular formula is C16H23FN2O. The lowest BCUT2D eigenvalue weighted by Gasteiger charge is -2.21. The molecule has 0 aromatic heterocycles. The molecule has 1 saturated carbocycles. The van der Waals surface area contributed by atoms with E-state index in [1.165, 1.54) is 37.8 Å². The Morgan fingerprint density at radius 3 is 2.35 bits per heavy atom. The zero-order chi connectivity index (χ0) is 14.4. The third kappa shape index (κ3) is 4.60. The fourth-order valence-corrected chi connectivity index (χ4v) is 2.66. The number of nitrogens with one attached hydrogen (secondary N) is 2. The Bertz CT molecular complexity index is 425. The first-order valence-corrected chi connectivity index (χ1v) is 7.47. The van der Waals surface area contributed by atoms with E-state index in [1.807, 2.05) is 6.92 Å². The van der Waals surface area contributed by atoms with Crippen LogP contribution < -0.4 is 10.6 Å². The summed E-state index contributed by atoms with van der Waals surface area (Å²) in [6.07, 6.45) is 7.37. The number of rotatable bonds is 4. The number of benzene rings is 1. The largest absolute Gasteiger partial charge is 0.325 e. The minimum Gasteiger partial charge on any atom is -0.325 e. The Morgan fingerprint density at radius 1 is 1.15 bits per heavy atom. The Labute approximate surface area is 120 Å². The average Bonchev–Trinajstić information content (AvgIpc) is 2.70. The van der Waals surface area contributed by atoms with Crippen LogP contribution in [0.2, 0.25) is 0 Å². The van der Waals surface area contributed by atoms with Crippen LogP contribution in [0.15, 0.2) is 24.3 Å². The molecular weight excluding hydrogens is 255 g/mol. The normalized spacial score (nSPS) is 18.3. The molecule has 0 unspecified atom stereocenters. The second-order valence-corrected chi connectivity index (χ2v) is 5.57. The lowest BCUT2D eigenvalue weighted by Crippen LogP contribution is -2.43. The summed E-state index contributed by atoms with van der Waals surface area (Å²) in [6.45, 7) is 1.88. The Hall–Kier alpha value is -1.42. The molecule has 0 radical (unpaired) electrons. The fourth-order valence-electron chi connectivity index (χ4n) is 2.66. The molecule has 2 N–H and O–H groups in total. The third-order valence-electron chi connectivity index (χ3n) is 3.85. The van der Waals surface area contributed by atoms with E-state index in [0.717, 1.165) is 12.8 Å². The molecule has 0 saturated heterocycles. The number of halogens is 1. The van der Waals surface area contributed by atoms with Crippen LogP contribution in [0, 0.1) is 5.82 Å². The fraction of sp³-hybridized carbons (Fsp3) is 0.562. The van der Waals surface area contributed by atoms with Crippen molar-refractivity contribution in [1.82, 2.24) is 5.32 Å². The van der Waals surface area contributed by atoms with E-state index in [4.69, 9.17) is 0 Å². The second kappa shape index (κ2) is 7.39. The summed E-state index contributed by atoms with van der Waals surface area (Å²) in [5.41, 5.74) is 0.630. The Morgan fingerprint density at radius 2 is 1.75 bits per heavy atom. The average molecular weight is 278 g/mol. The van der Waals surface area contributed by atoms with Gasteiger partial charge in [0.15, 0.2) is 0 Å². The van der Waals surface area contributed by atoms with E-state index in [9.17, 15) is 9.18 Å². The highest BCUT2D eigenvalue weighted by Gasteiger charge is 2.19. The number of amides is 1. The van der Waals surface area contributed by atoms with Gasteiger partial charge in [0, 0.05) is 11.7 Å². The summed E-state index contributed by atoms with van der Waals surface area (Å²) in [4.78, 5) is 12.1. The molecule has 1 amide bonds. The maximum Gasteiger partial charge on any atom is 0.241 e. The molecule has 0 aliphatic heterocycles. The van der Waals surface area contributed by atoms with Gasteiger partial charge < -0.3 is 10.6 Å². The van der Waals surface area contributed by atoms with Gasteiger partial charge in [0.25, 0.3) is 0 Å². The molecule has 1 aromatic carbocycles. The van der Waals surface area contributed by atoms with Gasteiger partial charge in [-0.2, -0.15) is 0 Å². The minimum atomic E-state index is -0.298. The monoisotopic (exact) mass is 278 g/mol. The molecule has 20 heavy (non-hydrogen) atoms. The minimum absolute atomic E-state index is 0.0687. The highest BCUT2D eigenvalue weighted by molar-refractivity contribution is 5.94. The third-order valence-corrected chi connectivity index (χ3v) is 3.85. The molecule has 2 rings (SSSR count). The van der Waals surface area contributed by atoms with Crippen LogP contribution in [-0.2, 0) is 4.79 Å². The van der Waals surface area contributed by atoms with Crippen molar-refractivity contribution >= 4 is 11.6 Å². The van der Waals surface area contributed by atoms with E-state index in [-0.39, 0.29) is 17.8 Å². The molecule has 3 nitrogen and oxygen atoms in total. The van der Waals surface area contributed by atoms with Crippen molar-refractivity contribution in [3.63, 3.8) is 0 Å². The van der Waals surface area contributed by atoms with Crippen LogP contribution in [0.3, 0.4) is 0 Å². The first-order valence-electron chi connectivity index (χ1n) is 7.47. The summed E-state index contributed by atoms with van der Waals surface area (Å²) in [7, 11) is 0. The van der Waals surface area contributed by atoms with Gasteiger partial charge in [-0.25, -0.2) is 4.39 Å². The molecule has 0 heterocycles. The highest BCUT2D eigenvalue weighted by atomic mass is 19.1. The molecule has 1 fully saturated rings. The summed E-state index contributed by atoms with van der Waals surface area (Å²) >= 11 is 0. The molecule has 1 aliphatic rings. The molecule has 0 bridgehead atoms. The van der Waals surface area contributed by atoms with Gasteiger partial charge in [-0.3, -0.25) is 4.79 Å². The van der Waals surface area contributed by atoms with Gasteiger partial charge in [-0.15, -0.1) is 0 Å². The van der Waals surface area contributed by atoms with Crippen molar-refractivity contribution in [2.75, 3.05) is 5.32 Å². The summed E-state index contributed by atoms with van der Waals surface area (Å²) in [5, 5.41) is 6.21. The van der Waals surface area contributed by atoms with E-state index < -0.39 is 0 Å². The topological polar surface area (TPSA) is 41.1 Å². The van der Waals surface area contributed by atoms with Crippen LogP contribution in [0.4, 0.5) is 10.1 Å². The van der Waals surface area contributed by atoms with Gasteiger partial charge in [-0.1, -0.05) is 25.7 Å². The Kier molecular flexibility index (Phi) is 5.53. The summed E-state index contributed by atoms with van der Waals surface area (Å²) < 4.78 is 12.8. The van der Waals surface area contributed by atoms with Gasteiger partial charge in [0.1, 0.15) is 5.82 Å². The maximum absolute atomic E-state index is 12.8. The first-order chi connectivity index (χ1) is 9.65. The maximum atomic E-state index is 12.8. The lowest BCUT2D eigenvalue weighted by molar-refractivity contribution is -0.118. The molecule has 110 valence electrons. The number of hydrogen-bond acceptors (Lipinski definition) is 2. The standard InChI is InChI=1S/C16H23FN2O/c1-12(18-14-6-4-2-3-5-7-14)16(20)19-15-10-8-13(17)9-11-15/h8-12,14,18H,2-7H2,1H3,(H,19,20)/t12-/m0/s1. The van der Waals surface area contributed by atoms with Gasteiger partial charge >= 0.3 is 0 Å².